The monoisotopic (exact) mass is 291 g/mol. The first kappa shape index (κ1) is 17.2. The zero-order chi connectivity index (χ0) is 15.3. The topological polar surface area (TPSA) is 55.4 Å². The Balaban J connectivity index is 2.00. The van der Waals surface area contributed by atoms with Crippen molar-refractivity contribution in [3.05, 3.63) is 35.9 Å². The normalized spacial score (nSPS) is 10.1. The fourth-order valence-electron chi connectivity index (χ4n) is 1.91. The van der Waals surface area contributed by atoms with Gasteiger partial charge in [0.25, 0.3) is 0 Å². The highest BCUT2D eigenvalue weighted by Crippen LogP contribution is 2.03. The molecule has 0 aliphatic heterocycles. The van der Waals surface area contributed by atoms with Crippen LogP contribution >= 0.6 is 0 Å². The molecule has 1 rings (SSSR count). The van der Waals surface area contributed by atoms with E-state index in [9.17, 15) is 9.59 Å². The Morgan fingerprint density at radius 1 is 1.05 bits per heavy atom. The van der Waals surface area contributed by atoms with Crippen LogP contribution in [0.3, 0.4) is 0 Å². The molecule has 0 aromatic heterocycles. The molecule has 1 aromatic carbocycles. The van der Waals surface area contributed by atoms with Gasteiger partial charge in [0.05, 0.1) is 0 Å². The molecule has 1 aromatic rings. The molecule has 0 saturated heterocycles. The molecule has 116 valence electrons. The number of ether oxygens (including phenoxy) is 1. The number of alkyl carbamates (subject to hydrolysis) is 1. The second-order valence-electron chi connectivity index (χ2n) is 5.09. The first-order valence-electron chi connectivity index (χ1n) is 7.68. The fraction of sp³-hybridized carbons (Fsp3) is 0.529. The van der Waals surface area contributed by atoms with Gasteiger partial charge in [-0.25, -0.2) is 4.79 Å². The molecule has 0 atom stereocenters. The van der Waals surface area contributed by atoms with Crippen LogP contribution < -0.4 is 5.32 Å². The van der Waals surface area contributed by atoms with Gasteiger partial charge in [0.2, 0.25) is 0 Å². The third-order valence-electron chi connectivity index (χ3n) is 3.17. The van der Waals surface area contributed by atoms with Gasteiger partial charge in [0.1, 0.15) is 12.4 Å². The number of carbonyl (C=O) groups excluding carboxylic acids is 2. The lowest BCUT2D eigenvalue weighted by molar-refractivity contribution is -0.119. The molecule has 21 heavy (non-hydrogen) atoms. The lowest BCUT2D eigenvalue weighted by Gasteiger charge is -2.07. The summed E-state index contributed by atoms with van der Waals surface area (Å²) in [5, 5.41) is 2.70. The van der Waals surface area contributed by atoms with Gasteiger partial charge >= 0.3 is 6.09 Å². The highest BCUT2D eigenvalue weighted by atomic mass is 16.5. The van der Waals surface area contributed by atoms with Crippen molar-refractivity contribution in [2.75, 3.05) is 6.54 Å². The quantitative estimate of drug-likeness (QED) is 0.666. The molecule has 1 N–H and O–H groups in total. The zero-order valence-corrected chi connectivity index (χ0v) is 12.8. The average molecular weight is 291 g/mol. The minimum atomic E-state index is -0.406. The molecular formula is C17H25NO3. The lowest BCUT2D eigenvalue weighted by Crippen LogP contribution is -2.25. The molecule has 0 heterocycles. The van der Waals surface area contributed by atoms with Crippen LogP contribution in [-0.2, 0) is 16.1 Å². The summed E-state index contributed by atoms with van der Waals surface area (Å²) in [6.07, 6.45) is 4.55. The third kappa shape index (κ3) is 8.84. The fourth-order valence-corrected chi connectivity index (χ4v) is 1.91. The van der Waals surface area contributed by atoms with E-state index in [0.29, 0.717) is 25.2 Å². The molecule has 0 aliphatic carbocycles. The summed E-state index contributed by atoms with van der Waals surface area (Å²) in [4.78, 5) is 22.9. The van der Waals surface area contributed by atoms with Crippen LogP contribution in [-0.4, -0.2) is 18.4 Å². The van der Waals surface area contributed by atoms with Crippen molar-refractivity contribution in [3.8, 4) is 0 Å². The second-order valence-corrected chi connectivity index (χ2v) is 5.09. The van der Waals surface area contributed by atoms with Crippen LogP contribution in [0.4, 0.5) is 4.79 Å². The molecule has 0 bridgehead atoms. The molecule has 0 radical (unpaired) electrons. The van der Waals surface area contributed by atoms with Crippen molar-refractivity contribution >= 4 is 11.9 Å². The van der Waals surface area contributed by atoms with E-state index in [-0.39, 0.29) is 6.61 Å². The molecule has 0 fully saturated rings. The van der Waals surface area contributed by atoms with E-state index in [4.69, 9.17) is 4.74 Å². The molecule has 0 unspecified atom stereocenters. The standard InChI is InChI=1S/C17H25NO3/c1-2-3-11-16(19)12-7-8-13-18-17(20)21-14-15-9-5-4-6-10-15/h4-6,9-10H,2-3,7-8,11-14H2,1H3,(H,18,20). The maximum atomic E-state index is 11.5. The smallest absolute Gasteiger partial charge is 0.407 e. The van der Waals surface area contributed by atoms with E-state index in [1.54, 1.807) is 0 Å². The Hall–Kier alpha value is -1.84. The van der Waals surface area contributed by atoms with E-state index in [1.807, 2.05) is 30.3 Å². The van der Waals surface area contributed by atoms with Crippen LogP contribution in [0.5, 0.6) is 0 Å². The molecule has 0 aliphatic rings. The maximum Gasteiger partial charge on any atom is 0.407 e. The number of hydrogen-bond donors (Lipinski definition) is 1. The van der Waals surface area contributed by atoms with E-state index < -0.39 is 6.09 Å². The van der Waals surface area contributed by atoms with Crippen LogP contribution in [0.25, 0.3) is 0 Å². The predicted molar refractivity (Wildman–Crippen MR) is 83.0 cm³/mol. The molecule has 1 amide bonds. The van der Waals surface area contributed by atoms with Gasteiger partial charge in [0.15, 0.2) is 0 Å². The second kappa shape index (κ2) is 10.9. The van der Waals surface area contributed by atoms with Crippen LogP contribution in [0, 0.1) is 0 Å². The number of unbranched alkanes of at least 4 members (excludes halogenated alkanes) is 2. The van der Waals surface area contributed by atoms with Gasteiger partial charge in [-0.3, -0.25) is 4.79 Å². The number of carbonyl (C=O) groups is 2. The zero-order valence-electron chi connectivity index (χ0n) is 12.8. The predicted octanol–water partition coefficient (Wildman–Crippen LogP) is 3.84. The summed E-state index contributed by atoms with van der Waals surface area (Å²) in [7, 11) is 0. The summed E-state index contributed by atoms with van der Waals surface area (Å²) in [6.45, 7) is 2.91. The first-order chi connectivity index (χ1) is 10.2. The number of ketones is 1. The summed E-state index contributed by atoms with van der Waals surface area (Å²) in [5.41, 5.74) is 0.967. The Morgan fingerprint density at radius 2 is 1.76 bits per heavy atom. The Bertz CT molecular complexity index is 417. The van der Waals surface area contributed by atoms with E-state index >= 15 is 0 Å². The van der Waals surface area contributed by atoms with Crippen molar-refractivity contribution in [1.29, 1.82) is 0 Å². The Morgan fingerprint density at radius 3 is 2.48 bits per heavy atom. The summed E-state index contributed by atoms with van der Waals surface area (Å²) >= 11 is 0. The van der Waals surface area contributed by atoms with Gasteiger partial charge in [-0.2, -0.15) is 0 Å². The largest absolute Gasteiger partial charge is 0.445 e. The number of nitrogens with one attached hydrogen (secondary N) is 1. The van der Waals surface area contributed by atoms with Gasteiger partial charge in [0, 0.05) is 19.4 Å². The highest BCUT2D eigenvalue weighted by Gasteiger charge is 2.03. The minimum Gasteiger partial charge on any atom is -0.445 e. The van der Waals surface area contributed by atoms with Crippen LogP contribution in [0.15, 0.2) is 30.3 Å². The summed E-state index contributed by atoms with van der Waals surface area (Å²) in [5.74, 6) is 0.323. The van der Waals surface area contributed by atoms with Crippen molar-refractivity contribution in [3.63, 3.8) is 0 Å². The summed E-state index contributed by atoms with van der Waals surface area (Å²) in [6, 6.07) is 9.56. The summed E-state index contributed by atoms with van der Waals surface area (Å²) < 4.78 is 5.09. The SMILES string of the molecule is CCCCC(=O)CCCCNC(=O)OCc1ccccc1. The molecule has 4 nitrogen and oxygen atoms in total. The lowest BCUT2D eigenvalue weighted by atomic mass is 10.1. The Labute approximate surface area is 126 Å². The number of rotatable bonds is 10. The van der Waals surface area contributed by atoms with Crippen molar-refractivity contribution in [2.45, 2.75) is 52.1 Å². The maximum absolute atomic E-state index is 11.5. The van der Waals surface area contributed by atoms with Gasteiger partial charge in [-0.05, 0) is 24.8 Å². The van der Waals surface area contributed by atoms with Crippen molar-refractivity contribution in [2.24, 2.45) is 0 Å². The number of benzene rings is 1. The van der Waals surface area contributed by atoms with Crippen LogP contribution in [0.1, 0.15) is 51.0 Å². The molecular weight excluding hydrogens is 266 g/mol. The van der Waals surface area contributed by atoms with Crippen LogP contribution in [0.2, 0.25) is 0 Å². The van der Waals surface area contributed by atoms with Gasteiger partial charge in [-0.15, -0.1) is 0 Å². The van der Waals surface area contributed by atoms with Gasteiger partial charge < -0.3 is 10.1 Å². The number of hydrogen-bond acceptors (Lipinski definition) is 3. The van der Waals surface area contributed by atoms with E-state index in [2.05, 4.69) is 12.2 Å². The first-order valence-corrected chi connectivity index (χ1v) is 7.68. The molecule has 4 heteroatoms. The highest BCUT2D eigenvalue weighted by molar-refractivity contribution is 5.78. The molecule has 0 spiro atoms. The van der Waals surface area contributed by atoms with E-state index in [1.165, 1.54) is 0 Å². The van der Waals surface area contributed by atoms with Crippen molar-refractivity contribution < 1.29 is 14.3 Å². The van der Waals surface area contributed by atoms with Crippen molar-refractivity contribution in [1.82, 2.24) is 5.32 Å². The number of Topliss-reactive ketones (excluding diaryl/α,β-unsaturated/α-hetero) is 1. The molecule has 0 saturated carbocycles. The third-order valence-corrected chi connectivity index (χ3v) is 3.17. The van der Waals surface area contributed by atoms with E-state index in [0.717, 1.165) is 31.2 Å². The number of amides is 1. The Kier molecular flexibility index (Phi) is 8.93. The van der Waals surface area contributed by atoms with Gasteiger partial charge in [-0.1, -0.05) is 43.7 Å². The minimum absolute atomic E-state index is 0.280. The average Bonchev–Trinajstić information content (AvgIpc) is 2.51.